The molecule has 0 saturated carbocycles. The normalized spacial score (nSPS) is 31.8. The molecule has 12 heavy (non-hydrogen) atoms. The fourth-order valence-electron chi connectivity index (χ4n) is 1.82. The summed E-state index contributed by atoms with van der Waals surface area (Å²) in [6.45, 7) is 4.20. The molecule has 0 unspecified atom stereocenters. The lowest BCUT2D eigenvalue weighted by Crippen LogP contribution is -2.37. The Hall–Kier alpha value is -0.570. The van der Waals surface area contributed by atoms with Crippen LogP contribution in [0.15, 0.2) is 0 Å². The number of hydrogen-bond acceptors (Lipinski definition) is 2. The second-order valence-corrected chi connectivity index (χ2v) is 3.89. The van der Waals surface area contributed by atoms with E-state index >= 15 is 0 Å². The molecular weight excluding hydrogens is 154 g/mol. The molecule has 0 aromatic carbocycles. The first-order valence-corrected chi connectivity index (χ1v) is 4.50. The average molecular weight is 171 g/mol. The highest BCUT2D eigenvalue weighted by Crippen LogP contribution is 2.24. The lowest BCUT2D eigenvalue weighted by atomic mass is 9.85. The fourth-order valence-corrected chi connectivity index (χ4v) is 1.82. The molecule has 0 spiro atoms. The number of likely N-dealkylation sites (tertiary alicyclic amines) is 1. The minimum absolute atomic E-state index is 0.325. The van der Waals surface area contributed by atoms with Crippen LogP contribution in [-0.2, 0) is 4.79 Å². The van der Waals surface area contributed by atoms with E-state index in [9.17, 15) is 4.79 Å². The second kappa shape index (κ2) is 3.90. The molecule has 0 bridgehead atoms. The zero-order chi connectivity index (χ0) is 9.14. The van der Waals surface area contributed by atoms with Gasteiger partial charge in [-0.3, -0.25) is 4.79 Å². The summed E-state index contributed by atoms with van der Waals surface area (Å²) in [6.07, 6.45) is 1.46. The number of piperidine rings is 1. The molecule has 1 aliphatic heterocycles. The SMILES string of the molecule is C[C@H]1CCN(C)C[C@H]1CC(=O)O. The van der Waals surface area contributed by atoms with Gasteiger partial charge in [0.1, 0.15) is 0 Å². The lowest BCUT2D eigenvalue weighted by Gasteiger charge is -2.33. The van der Waals surface area contributed by atoms with Crippen LogP contribution in [0.4, 0.5) is 0 Å². The molecule has 0 aliphatic carbocycles. The predicted octanol–water partition coefficient (Wildman–Crippen LogP) is 1.05. The Balaban J connectivity index is 2.43. The van der Waals surface area contributed by atoms with Gasteiger partial charge in [-0.15, -0.1) is 0 Å². The van der Waals surface area contributed by atoms with E-state index in [1.165, 1.54) is 0 Å². The molecule has 3 heteroatoms. The maximum Gasteiger partial charge on any atom is 0.303 e. The first kappa shape index (κ1) is 9.52. The van der Waals surface area contributed by atoms with E-state index < -0.39 is 5.97 Å². The number of rotatable bonds is 2. The minimum atomic E-state index is -0.665. The van der Waals surface area contributed by atoms with Crippen molar-refractivity contribution >= 4 is 5.97 Å². The van der Waals surface area contributed by atoms with Gasteiger partial charge in [0.15, 0.2) is 0 Å². The Morgan fingerprint density at radius 1 is 1.67 bits per heavy atom. The third-order valence-electron chi connectivity index (χ3n) is 2.75. The highest BCUT2D eigenvalue weighted by molar-refractivity contribution is 5.67. The van der Waals surface area contributed by atoms with Gasteiger partial charge in [0.2, 0.25) is 0 Å². The molecule has 1 aliphatic rings. The van der Waals surface area contributed by atoms with Crippen LogP contribution < -0.4 is 0 Å². The van der Waals surface area contributed by atoms with Crippen molar-refractivity contribution in [2.24, 2.45) is 11.8 Å². The van der Waals surface area contributed by atoms with E-state index in [1.54, 1.807) is 0 Å². The van der Waals surface area contributed by atoms with Gasteiger partial charge in [0, 0.05) is 13.0 Å². The first-order valence-electron chi connectivity index (χ1n) is 4.50. The third kappa shape index (κ3) is 2.48. The van der Waals surface area contributed by atoms with E-state index in [-0.39, 0.29) is 0 Å². The van der Waals surface area contributed by atoms with Gasteiger partial charge in [-0.2, -0.15) is 0 Å². The fraction of sp³-hybridized carbons (Fsp3) is 0.889. The highest BCUT2D eigenvalue weighted by atomic mass is 16.4. The van der Waals surface area contributed by atoms with E-state index in [4.69, 9.17) is 5.11 Å². The van der Waals surface area contributed by atoms with Crippen molar-refractivity contribution < 1.29 is 9.90 Å². The number of carboxylic acid groups (broad SMARTS) is 1. The van der Waals surface area contributed by atoms with Crippen molar-refractivity contribution in [3.8, 4) is 0 Å². The molecule has 1 N–H and O–H groups in total. The highest BCUT2D eigenvalue weighted by Gasteiger charge is 2.25. The zero-order valence-corrected chi connectivity index (χ0v) is 7.79. The summed E-state index contributed by atoms with van der Waals surface area (Å²) < 4.78 is 0. The monoisotopic (exact) mass is 171 g/mol. The molecule has 0 radical (unpaired) electrons. The summed E-state index contributed by atoms with van der Waals surface area (Å²) in [5, 5.41) is 8.65. The summed E-state index contributed by atoms with van der Waals surface area (Å²) in [4.78, 5) is 12.7. The molecule has 0 amide bonds. The van der Waals surface area contributed by atoms with Crippen molar-refractivity contribution in [3.63, 3.8) is 0 Å². The van der Waals surface area contributed by atoms with Gasteiger partial charge in [0.25, 0.3) is 0 Å². The van der Waals surface area contributed by atoms with Gasteiger partial charge < -0.3 is 10.0 Å². The maximum absolute atomic E-state index is 10.5. The molecule has 0 aromatic heterocycles. The number of hydrogen-bond donors (Lipinski definition) is 1. The van der Waals surface area contributed by atoms with Crippen molar-refractivity contribution in [2.45, 2.75) is 19.8 Å². The van der Waals surface area contributed by atoms with Crippen molar-refractivity contribution in [2.75, 3.05) is 20.1 Å². The smallest absolute Gasteiger partial charge is 0.303 e. The van der Waals surface area contributed by atoms with Gasteiger partial charge in [-0.05, 0) is 31.8 Å². The van der Waals surface area contributed by atoms with Gasteiger partial charge >= 0.3 is 5.97 Å². The Morgan fingerprint density at radius 2 is 2.33 bits per heavy atom. The zero-order valence-electron chi connectivity index (χ0n) is 7.79. The summed E-state index contributed by atoms with van der Waals surface area (Å²) in [7, 11) is 2.06. The molecule has 2 atom stereocenters. The minimum Gasteiger partial charge on any atom is -0.481 e. The summed E-state index contributed by atoms with van der Waals surface area (Å²) in [5.74, 6) is 0.251. The van der Waals surface area contributed by atoms with Crippen LogP contribution in [0.5, 0.6) is 0 Å². The molecule has 3 nitrogen and oxygen atoms in total. The van der Waals surface area contributed by atoms with E-state index in [0.717, 1.165) is 19.5 Å². The first-order chi connectivity index (χ1) is 5.59. The van der Waals surface area contributed by atoms with Crippen molar-refractivity contribution in [1.29, 1.82) is 0 Å². The van der Waals surface area contributed by atoms with Gasteiger partial charge in [-0.25, -0.2) is 0 Å². The number of aliphatic carboxylic acids is 1. The quantitative estimate of drug-likeness (QED) is 0.675. The topological polar surface area (TPSA) is 40.5 Å². The molecule has 0 aromatic rings. The number of nitrogens with zero attached hydrogens (tertiary/aromatic N) is 1. The molecule has 1 saturated heterocycles. The molecule has 1 fully saturated rings. The molecule has 70 valence electrons. The van der Waals surface area contributed by atoms with Crippen LogP contribution in [0, 0.1) is 11.8 Å². The largest absolute Gasteiger partial charge is 0.481 e. The van der Waals surface area contributed by atoms with E-state index in [0.29, 0.717) is 18.3 Å². The van der Waals surface area contributed by atoms with Crippen LogP contribution in [0.3, 0.4) is 0 Å². The number of carboxylic acids is 1. The predicted molar refractivity (Wildman–Crippen MR) is 47.0 cm³/mol. The van der Waals surface area contributed by atoms with Crippen LogP contribution in [-0.4, -0.2) is 36.1 Å². The molecule has 1 rings (SSSR count). The van der Waals surface area contributed by atoms with Crippen molar-refractivity contribution in [1.82, 2.24) is 4.90 Å². The Morgan fingerprint density at radius 3 is 2.92 bits per heavy atom. The second-order valence-electron chi connectivity index (χ2n) is 3.89. The van der Waals surface area contributed by atoms with E-state index in [2.05, 4.69) is 18.9 Å². The van der Waals surface area contributed by atoms with E-state index in [1.807, 2.05) is 0 Å². The van der Waals surface area contributed by atoms with Crippen LogP contribution in [0.1, 0.15) is 19.8 Å². The van der Waals surface area contributed by atoms with Crippen LogP contribution >= 0.6 is 0 Å². The van der Waals surface area contributed by atoms with Crippen LogP contribution in [0.2, 0.25) is 0 Å². The number of carbonyl (C=O) groups is 1. The molecular formula is C9H17NO2. The van der Waals surface area contributed by atoms with Gasteiger partial charge in [0.05, 0.1) is 0 Å². The third-order valence-corrected chi connectivity index (χ3v) is 2.75. The Bertz CT molecular complexity index is 170. The Kier molecular flexibility index (Phi) is 3.09. The summed E-state index contributed by atoms with van der Waals surface area (Å²) in [5.41, 5.74) is 0. The standard InChI is InChI=1S/C9H17NO2/c1-7-3-4-10(2)6-8(7)5-9(11)12/h7-8H,3-6H2,1-2H3,(H,11,12)/t7-,8+/m0/s1. The average Bonchev–Trinajstić information content (AvgIpc) is 1.96. The summed E-state index contributed by atoms with van der Waals surface area (Å²) in [6, 6.07) is 0. The van der Waals surface area contributed by atoms with Crippen LogP contribution in [0.25, 0.3) is 0 Å². The summed E-state index contributed by atoms with van der Waals surface area (Å²) >= 11 is 0. The molecule has 1 heterocycles. The Labute approximate surface area is 73.4 Å². The maximum atomic E-state index is 10.5. The lowest BCUT2D eigenvalue weighted by molar-refractivity contribution is -0.139. The van der Waals surface area contributed by atoms with Gasteiger partial charge in [-0.1, -0.05) is 6.92 Å². The van der Waals surface area contributed by atoms with Crippen molar-refractivity contribution in [3.05, 3.63) is 0 Å².